The van der Waals surface area contributed by atoms with Gasteiger partial charge in [-0.15, -0.1) is 0 Å². The van der Waals surface area contributed by atoms with Crippen LogP contribution in [-0.2, 0) is 5.67 Å². The quantitative estimate of drug-likeness (QED) is 0.861. The van der Waals surface area contributed by atoms with Crippen LogP contribution in [0.3, 0.4) is 0 Å². The van der Waals surface area contributed by atoms with Crippen molar-refractivity contribution in [1.82, 2.24) is 0 Å². The molecule has 0 amide bonds. The molecular weight excluding hydrogens is 236 g/mol. The van der Waals surface area contributed by atoms with Gasteiger partial charge in [-0.25, -0.2) is 4.39 Å². The topological polar surface area (TPSA) is 26.0 Å². The molecule has 0 saturated heterocycles. The minimum Gasteiger partial charge on any atom is -0.327 e. The van der Waals surface area contributed by atoms with Gasteiger partial charge in [0, 0.05) is 12.1 Å². The first-order chi connectivity index (χ1) is 7.05. The first kappa shape index (κ1) is 12.8. The third-order valence-corrected chi connectivity index (χ3v) is 3.22. The molecule has 2 N–H and O–H groups in total. The van der Waals surface area contributed by atoms with Crippen molar-refractivity contribution in [2.75, 3.05) is 6.54 Å². The van der Waals surface area contributed by atoms with E-state index in [1.54, 1.807) is 18.2 Å². The summed E-state index contributed by atoms with van der Waals surface area (Å²) in [6.07, 6.45) is 1.06. The smallest absolute Gasteiger partial charge is 0.149 e. The van der Waals surface area contributed by atoms with E-state index in [0.717, 1.165) is 0 Å². The minimum absolute atomic E-state index is 0.0824. The van der Waals surface area contributed by atoms with E-state index >= 15 is 0 Å². The molecule has 0 bridgehead atoms. The Morgan fingerprint density at radius 2 is 2.07 bits per heavy atom. The summed E-state index contributed by atoms with van der Waals surface area (Å²) in [4.78, 5) is 0. The Labute approximate surface area is 99.4 Å². The van der Waals surface area contributed by atoms with Crippen molar-refractivity contribution >= 4 is 23.2 Å². The molecule has 15 heavy (non-hydrogen) atoms. The second-order valence-electron chi connectivity index (χ2n) is 3.52. The lowest BCUT2D eigenvalue weighted by Gasteiger charge is -2.25. The SMILES string of the molecule is CCCC(F)(CN)c1cccc(Cl)c1Cl. The van der Waals surface area contributed by atoms with Crippen LogP contribution < -0.4 is 5.73 Å². The predicted octanol–water partition coefficient (Wildman–Crippen LogP) is 3.92. The largest absolute Gasteiger partial charge is 0.327 e. The molecule has 0 aromatic heterocycles. The zero-order chi connectivity index (χ0) is 11.5. The predicted molar refractivity (Wildman–Crippen MR) is 63.2 cm³/mol. The van der Waals surface area contributed by atoms with Crippen LogP contribution in [0.15, 0.2) is 18.2 Å². The molecule has 0 saturated carbocycles. The van der Waals surface area contributed by atoms with Crippen LogP contribution in [0.5, 0.6) is 0 Å². The molecule has 4 heteroatoms. The van der Waals surface area contributed by atoms with Gasteiger partial charge in [0.25, 0.3) is 0 Å². The van der Waals surface area contributed by atoms with Crippen molar-refractivity contribution in [1.29, 1.82) is 0 Å². The van der Waals surface area contributed by atoms with Crippen molar-refractivity contribution in [2.45, 2.75) is 25.4 Å². The summed E-state index contributed by atoms with van der Waals surface area (Å²) in [6, 6.07) is 4.95. The highest BCUT2D eigenvalue weighted by Crippen LogP contribution is 2.38. The molecule has 1 aromatic rings. The van der Waals surface area contributed by atoms with E-state index in [0.29, 0.717) is 23.4 Å². The molecule has 0 aliphatic heterocycles. The molecule has 1 aromatic carbocycles. The molecule has 0 aliphatic carbocycles. The minimum atomic E-state index is -1.57. The highest BCUT2D eigenvalue weighted by atomic mass is 35.5. The highest BCUT2D eigenvalue weighted by Gasteiger charge is 2.32. The van der Waals surface area contributed by atoms with Crippen LogP contribution in [0.4, 0.5) is 4.39 Å². The van der Waals surface area contributed by atoms with Crippen molar-refractivity contribution < 1.29 is 4.39 Å². The Kier molecular flexibility index (Phi) is 4.38. The van der Waals surface area contributed by atoms with E-state index in [1.807, 2.05) is 6.92 Å². The van der Waals surface area contributed by atoms with E-state index < -0.39 is 5.67 Å². The maximum Gasteiger partial charge on any atom is 0.149 e. The number of nitrogens with two attached hydrogens (primary N) is 1. The van der Waals surface area contributed by atoms with Gasteiger partial charge in [0.2, 0.25) is 0 Å². The van der Waals surface area contributed by atoms with Gasteiger partial charge in [0.05, 0.1) is 10.0 Å². The Hall–Kier alpha value is -0.310. The lowest BCUT2D eigenvalue weighted by atomic mass is 9.91. The average Bonchev–Trinajstić information content (AvgIpc) is 2.22. The standard InChI is InChI=1S/C11H14Cl2FN/c1-2-6-11(14,7-15)8-4-3-5-9(12)10(8)13/h3-5H,2,6-7,15H2,1H3. The summed E-state index contributed by atoms with van der Waals surface area (Å²) < 4.78 is 14.4. The Morgan fingerprint density at radius 1 is 1.40 bits per heavy atom. The van der Waals surface area contributed by atoms with Gasteiger partial charge < -0.3 is 5.73 Å². The third-order valence-electron chi connectivity index (χ3n) is 2.40. The Balaban J connectivity index is 3.17. The molecule has 1 rings (SSSR count). The fraction of sp³-hybridized carbons (Fsp3) is 0.455. The molecule has 84 valence electrons. The van der Waals surface area contributed by atoms with E-state index in [1.165, 1.54) is 0 Å². The van der Waals surface area contributed by atoms with Gasteiger partial charge in [-0.3, -0.25) is 0 Å². The van der Waals surface area contributed by atoms with E-state index in [9.17, 15) is 4.39 Å². The molecule has 0 heterocycles. The van der Waals surface area contributed by atoms with Gasteiger partial charge in [-0.05, 0) is 12.5 Å². The van der Waals surface area contributed by atoms with Crippen molar-refractivity contribution in [3.63, 3.8) is 0 Å². The van der Waals surface area contributed by atoms with Gasteiger partial charge in [0.1, 0.15) is 5.67 Å². The van der Waals surface area contributed by atoms with Crippen molar-refractivity contribution in [3.8, 4) is 0 Å². The van der Waals surface area contributed by atoms with Gasteiger partial charge in [0.15, 0.2) is 0 Å². The molecular formula is C11H14Cl2FN. The van der Waals surface area contributed by atoms with Crippen LogP contribution in [0, 0.1) is 0 Å². The van der Waals surface area contributed by atoms with E-state index in [-0.39, 0.29) is 11.6 Å². The van der Waals surface area contributed by atoms with Crippen molar-refractivity contribution in [3.05, 3.63) is 33.8 Å². The zero-order valence-electron chi connectivity index (χ0n) is 8.56. The second kappa shape index (κ2) is 5.15. The molecule has 0 fully saturated rings. The third kappa shape index (κ3) is 2.63. The fourth-order valence-corrected chi connectivity index (χ4v) is 2.06. The number of halogens is 3. The normalized spacial score (nSPS) is 15.0. The first-order valence-corrected chi connectivity index (χ1v) is 5.64. The van der Waals surface area contributed by atoms with Crippen molar-refractivity contribution in [2.24, 2.45) is 5.73 Å². The monoisotopic (exact) mass is 249 g/mol. The Bertz CT molecular complexity index is 343. The van der Waals surface area contributed by atoms with Crippen LogP contribution in [0.25, 0.3) is 0 Å². The molecule has 1 atom stereocenters. The highest BCUT2D eigenvalue weighted by molar-refractivity contribution is 6.42. The molecule has 1 unspecified atom stereocenters. The second-order valence-corrected chi connectivity index (χ2v) is 4.31. The molecule has 1 nitrogen and oxygen atoms in total. The Morgan fingerprint density at radius 3 is 2.60 bits per heavy atom. The average molecular weight is 250 g/mol. The lowest BCUT2D eigenvalue weighted by Crippen LogP contribution is -2.30. The summed E-state index contributed by atoms with van der Waals surface area (Å²) in [5.41, 5.74) is 4.28. The van der Waals surface area contributed by atoms with E-state index in [2.05, 4.69) is 0 Å². The molecule has 0 aliphatic rings. The number of benzene rings is 1. The van der Waals surface area contributed by atoms with Crippen LogP contribution >= 0.6 is 23.2 Å². The molecule has 0 radical (unpaired) electrons. The number of hydrogen-bond donors (Lipinski definition) is 1. The zero-order valence-corrected chi connectivity index (χ0v) is 10.1. The first-order valence-electron chi connectivity index (χ1n) is 4.88. The van der Waals surface area contributed by atoms with Gasteiger partial charge in [-0.2, -0.15) is 0 Å². The lowest BCUT2D eigenvalue weighted by molar-refractivity contribution is 0.159. The molecule has 0 spiro atoms. The van der Waals surface area contributed by atoms with E-state index in [4.69, 9.17) is 28.9 Å². The summed E-state index contributed by atoms with van der Waals surface area (Å²) in [5, 5.41) is 0.626. The number of rotatable bonds is 4. The van der Waals surface area contributed by atoms with Gasteiger partial charge in [-0.1, -0.05) is 48.7 Å². The van der Waals surface area contributed by atoms with Crippen LogP contribution in [-0.4, -0.2) is 6.54 Å². The van der Waals surface area contributed by atoms with Crippen LogP contribution in [0.1, 0.15) is 25.3 Å². The summed E-state index contributed by atoms with van der Waals surface area (Å²) in [6.45, 7) is 1.82. The maximum absolute atomic E-state index is 14.4. The van der Waals surface area contributed by atoms with Gasteiger partial charge >= 0.3 is 0 Å². The summed E-state index contributed by atoms with van der Waals surface area (Å²) in [7, 11) is 0. The number of alkyl halides is 1. The summed E-state index contributed by atoms with van der Waals surface area (Å²) >= 11 is 11.8. The van der Waals surface area contributed by atoms with Crippen LogP contribution in [0.2, 0.25) is 10.0 Å². The number of hydrogen-bond acceptors (Lipinski definition) is 1. The maximum atomic E-state index is 14.4. The summed E-state index contributed by atoms with van der Waals surface area (Å²) in [5.74, 6) is 0. The fourth-order valence-electron chi connectivity index (χ4n) is 1.59.